The predicted molar refractivity (Wildman–Crippen MR) is 99.6 cm³/mol. The van der Waals surface area contributed by atoms with Crippen molar-refractivity contribution < 1.29 is 13.5 Å². The fraction of sp³-hybridized carbons (Fsp3) is 0.190. The van der Waals surface area contributed by atoms with Crippen LogP contribution in [0.4, 0.5) is 4.39 Å². The Morgan fingerprint density at radius 1 is 1.08 bits per heavy atom. The Bertz CT molecular complexity index is 1060. The second kappa shape index (κ2) is 6.33. The maximum Gasteiger partial charge on any atom is 0.135 e. The molecule has 2 aromatic heterocycles. The quantitative estimate of drug-likeness (QED) is 0.493. The molecule has 0 aliphatic heterocycles. The van der Waals surface area contributed by atoms with E-state index in [0.29, 0.717) is 5.76 Å². The average Bonchev–Trinajstić information content (AvgIpc) is 3.20. The van der Waals surface area contributed by atoms with Crippen LogP contribution in [0.3, 0.4) is 0 Å². The summed E-state index contributed by atoms with van der Waals surface area (Å²) in [6.07, 6.45) is 1.93. The minimum absolute atomic E-state index is 0.0402. The van der Waals surface area contributed by atoms with Gasteiger partial charge in [0.15, 0.2) is 0 Å². The van der Waals surface area contributed by atoms with Crippen molar-refractivity contribution >= 4 is 11.0 Å². The molecular weight excluding hydrogens is 331 g/mol. The Labute approximate surface area is 150 Å². The first-order valence-corrected chi connectivity index (χ1v) is 8.50. The number of aromatic nitrogens is 2. The van der Waals surface area contributed by atoms with E-state index >= 15 is 0 Å². The number of halogens is 1. The maximum atomic E-state index is 13.2. The highest BCUT2D eigenvalue weighted by atomic mass is 19.1. The molecule has 4 aromatic rings. The van der Waals surface area contributed by atoms with Crippen LogP contribution in [0.15, 0.2) is 59.1 Å². The molecule has 4 rings (SSSR count). The van der Waals surface area contributed by atoms with Crippen LogP contribution in [0.2, 0.25) is 0 Å². The van der Waals surface area contributed by atoms with E-state index in [2.05, 4.69) is 5.10 Å². The van der Waals surface area contributed by atoms with Crippen LogP contribution >= 0.6 is 0 Å². The monoisotopic (exact) mass is 350 g/mol. The molecule has 0 aliphatic rings. The molecule has 0 unspecified atom stereocenters. The molecule has 0 radical (unpaired) electrons. The normalized spacial score (nSPS) is 11.4. The van der Waals surface area contributed by atoms with Crippen molar-refractivity contribution in [3.63, 3.8) is 0 Å². The number of furan rings is 1. The van der Waals surface area contributed by atoms with Gasteiger partial charge in [-0.25, -0.2) is 4.39 Å². The number of rotatable bonds is 4. The van der Waals surface area contributed by atoms with Crippen LogP contribution in [-0.4, -0.2) is 15.9 Å². The third kappa shape index (κ3) is 3.08. The van der Waals surface area contributed by atoms with E-state index in [1.54, 1.807) is 16.8 Å². The summed E-state index contributed by atoms with van der Waals surface area (Å²) < 4.78 is 26.9. The number of hydrogen-bond donors (Lipinski definition) is 0. The van der Waals surface area contributed by atoms with E-state index in [4.69, 9.17) is 9.15 Å². The number of fused-ring (bicyclic) bond motifs is 1. The highest BCUT2D eigenvalue weighted by Crippen LogP contribution is 2.37. The number of aryl methyl sites for hydroxylation is 1. The van der Waals surface area contributed by atoms with Gasteiger partial charge in [0.25, 0.3) is 0 Å². The molecular formula is C21H19FN2O2. The zero-order valence-corrected chi connectivity index (χ0v) is 14.9. The van der Waals surface area contributed by atoms with Gasteiger partial charge >= 0.3 is 0 Å². The van der Waals surface area contributed by atoms with Gasteiger partial charge in [-0.3, -0.25) is 4.68 Å². The first-order chi connectivity index (χ1) is 12.5. The molecule has 0 saturated heterocycles. The molecule has 0 atom stereocenters. The van der Waals surface area contributed by atoms with Crippen molar-refractivity contribution in [3.05, 3.63) is 60.5 Å². The van der Waals surface area contributed by atoms with Crippen molar-refractivity contribution in [3.8, 4) is 28.3 Å². The van der Waals surface area contributed by atoms with Gasteiger partial charge in [0.1, 0.15) is 22.9 Å². The standard InChI is InChI=1S/C21H19FN2O2/c1-13(2)25-21-11-15-10-19(14-4-6-16(22)7-5-14)26-20(15)12-17(21)18-8-9-24(3)23-18/h4-13H,1-3H3. The maximum absolute atomic E-state index is 13.2. The largest absolute Gasteiger partial charge is 0.490 e. The molecule has 0 amide bonds. The van der Waals surface area contributed by atoms with E-state index in [0.717, 1.165) is 33.5 Å². The lowest BCUT2D eigenvalue weighted by Gasteiger charge is -2.13. The van der Waals surface area contributed by atoms with E-state index in [1.807, 2.05) is 51.4 Å². The molecule has 0 spiro atoms. The summed E-state index contributed by atoms with van der Waals surface area (Å²) in [7, 11) is 1.88. The van der Waals surface area contributed by atoms with Gasteiger partial charge in [0.05, 0.1) is 11.8 Å². The Hall–Kier alpha value is -3.08. The molecule has 2 heterocycles. The van der Waals surface area contributed by atoms with Crippen LogP contribution < -0.4 is 4.74 Å². The zero-order valence-electron chi connectivity index (χ0n) is 14.9. The summed E-state index contributed by atoms with van der Waals surface area (Å²) in [4.78, 5) is 0. The minimum atomic E-state index is -0.269. The van der Waals surface area contributed by atoms with Gasteiger partial charge in [-0.15, -0.1) is 0 Å². The van der Waals surface area contributed by atoms with Crippen molar-refractivity contribution in [1.29, 1.82) is 0 Å². The topological polar surface area (TPSA) is 40.2 Å². The van der Waals surface area contributed by atoms with Crippen molar-refractivity contribution in [2.45, 2.75) is 20.0 Å². The minimum Gasteiger partial charge on any atom is -0.490 e. The summed E-state index contributed by atoms with van der Waals surface area (Å²) in [5, 5.41) is 5.41. The Morgan fingerprint density at radius 3 is 2.50 bits per heavy atom. The molecule has 132 valence electrons. The zero-order chi connectivity index (χ0) is 18.3. The lowest BCUT2D eigenvalue weighted by atomic mass is 10.1. The average molecular weight is 350 g/mol. The molecule has 5 heteroatoms. The molecule has 0 fully saturated rings. The molecule has 4 nitrogen and oxygen atoms in total. The van der Waals surface area contributed by atoms with E-state index in [1.165, 1.54) is 12.1 Å². The van der Waals surface area contributed by atoms with Crippen LogP contribution in [0.5, 0.6) is 5.75 Å². The first-order valence-electron chi connectivity index (χ1n) is 8.50. The number of hydrogen-bond acceptors (Lipinski definition) is 3. The molecule has 26 heavy (non-hydrogen) atoms. The Balaban J connectivity index is 1.86. The fourth-order valence-electron chi connectivity index (χ4n) is 2.93. The van der Waals surface area contributed by atoms with Gasteiger partial charge in [0.2, 0.25) is 0 Å². The smallest absolute Gasteiger partial charge is 0.135 e. The van der Waals surface area contributed by atoms with Gasteiger partial charge in [-0.1, -0.05) is 0 Å². The molecule has 0 saturated carbocycles. The Kier molecular flexibility index (Phi) is 3.99. The van der Waals surface area contributed by atoms with Crippen LogP contribution in [0, 0.1) is 5.82 Å². The second-order valence-electron chi connectivity index (χ2n) is 6.54. The number of benzene rings is 2. The summed E-state index contributed by atoms with van der Waals surface area (Å²) in [5.74, 6) is 1.18. The van der Waals surface area contributed by atoms with Gasteiger partial charge in [-0.2, -0.15) is 5.10 Å². The number of nitrogens with zero attached hydrogens (tertiary/aromatic N) is 2. The van der Waals surface area contributed by atoms with Crippen molar-refractivity contribution in [2.75, 3.05) is 0 Å². The fourth-order valence-corrected chi connectivity index (χ4v) is 2.93. The lowest BCUT2D eigenvalue weighted by Crippen LogP contribution is -2.06. The van der Waals surface area contributed by atoms with Crippen LogP contribution in [0.25, 0.3) is 33.6 Å². The summed E-state index contributed by atoms with van der Waals surface area (Å²) in [6.45, 7) is 3.98. The molecule has 0 bridgehead atoms. The van der Waals surface area contributed by atoms with Crippen LogP contribution in [0.1, 0.15) is 13.8 Å². The third-order valence-corrected chi connectivity index (χ3v) is 4.10. The summed E-state index contributed by atoms with van der Waals surface area (Å²) in [5.41, 5.74) is 3.27. The number of ether oxygens (including phenoxy) is 1. The third-order valence-electron chi connectivity index (χ3n) is 4.10. The first kappa shape index (κ1) is 16.4. The van der Waals surface area contributed by atoms with E-state index in [-0.39, 0.29) is 11.9 Å². The molecule has 0 aliphatic carbocycles. The van der Waals surface area contributed by atoms with Gasteiger partial charge < -0.3 is 9.15 Å². The summed E-state index contributed by atoms with van der Waals surface area (Å²) >= 11 is 0. The van der Waals surface area contributed by atoms with Gasteiger partial charge in [-0.05, 0) is 62.4 Å². The second-order valence-corrected chi connectivity index (χ2v) is 6.54. The van der Waals surface area contributed by atoms with Crippen LogP contribution in [-0.2, 0) is 7.05 Å². The van der Waals surface area contributed by atoms with Gasteiger partial charge in [0, 0.05) is 29.8 Å². The Morgan fingerprint density at radius 2 is 1.85 bits per heavy atom. The van der Waals surface area contributed by atoms with Crippen molar-refractivity contribution in [1.82, 2.24) is 9.78 Å². The van der Waals surface area contributed by atoms with Crippen molar-refractivity contribution in [2.24, 2.45) is 7.05 Å². The summed E-state index contributed by atoms with van der Waals surface area (Å²) in [6, 6.07) is 14.1. The van der Waals surface area contributed by atoms with E-state index in [9.17, 15) is 4.39 Å². The predicted octanol–water partition coefficient (Wildman–Crippen LogP) is 5.43. The SMILES string of the molecule is CC(C)Oc1cc2cc(-c3ccc(F)cc3)oc2cc1-c1ccn(C)n1. The lowest BCUT2D eigenvalue weighted by molar-refractivity contribution is 0.243. The molecule has 0 N–H and O–H groups in total. The van der Waals surface area contributed by atoms with E-state index < -0.39 is 0 Å². The highest BCUT2D eigenvalue weighted by molar-refractivity contribution is 5.89. The molecule has 2 aromatic carbocycles. The highest BCUT2D eigenvalue weighted by Gasteiger charge is 2.16.